The fraction of sp³-hybridized carbons (Fsp3) is 0.615. The van der Waals surface area contributed by atoms with Crippen molar-refractivity contribution < 1.29 is 4.79 Å². The number of Topliss-reactive ketones (excluding diaryl/α,β-unsaturated/α-hetero) is 1. The van der Waals surface area contributed by atoms with Gasteiger partial charge in [0.2, 0.25) is 0 Å². The number of rotatable bonds is 2. The first kappa shape index (κ1) is 10.5. The minimum atomic E-state index is 0.108. The van der Waals surface area contributed by atoms with Crippen molar-refractivity contribution in [2.45, 2.75) is 32.2 Å². The highest BCUT2D eigenvalue weighted by Crippen LogP contribution is 2.48. The Morgan fingerprint density at radius 3 is 2.69 bits per heavy atom. The van der Waals surface area contributed by atoms with Gasteiger partial charge in [-0.05, 0) is 50.2 Å². The first-order valence-electron chi connectivity index (χ1n) is 6.03. The number of aryl methyl sites for hydroxylation is 1. The van der Waals surface area contributed by atoms with Gasteiger partial charge in [0.15, 0.2) is 5.78 Å². The van der Waals surface area contributed by atoms with Gasteiger partial charge in [0, 0.05) is 16.8 Å². The quantitative estimate of drug-likeness (QED) is 0.801. The summed E-state index contributed by atoms with van der Waals surface area (Å²) in [6, 6.07) is 4.10. The van der Waals surface area contributed by atoms with Crippen LogP contribution in [0.1, 0.15) is 33.8 Å². The first-order valence-corrected chi connectivity index (χ1v) is 6.84. The molecule has 3 heteroatoms. The molecule has 1 aromatic heterocycles. The van der Waals surface area contributed by atoms with Gasteiger partial charge < -0.3 is 5.73 Å². The van der Waals surface area contributed by atoms with Crippen molar-refractivity contribution in [3.63, 3.8) is 0 Å². The van der Waals surface area contributed by atoms with E-state index in [9.17, 15) is 4.79 Å². The summed E-state index contributed by atoms with van der Waals surface area (Å²) in [6.45, 7) is 2.04. The van der Waals surface area contributed by atoms with E-state index in [-0.39, 0.29) is 12.0 Å². The van der Waals surface area contributed by atoms with E-state index in [1.54, 1.807) is 11.3 Å². The van der Waals surface area contributed by atoms with Crippen LogP contribution < -0.4 is 5.73 Å². The van der Waals surface area contributed by atoms with Gasteiger partial charge in [0.25, 0.3) is 0 Å². The Labute approximate surface area is 99.8 Å². The van der Waals surface area contributed by atoms with Crippen LogP contribution in [-0.4, -0.2) is 11.8 Å². The van der Waals surface area contributed by atoms with Gasteiger partial charge >= 0.3 is 0 Å². The van der Waals surface area contributed by atoms with Crippen LogP contribution in [0.4, 0.5) is 0 Å². The summed E-state index contributed by atoms with van der Waals surface area (Å²) in [5.74, 6) is 1.59. The van der Waals surface area contributed by atoms with Crippen molar-refractivity contribution in [1.82, 2.24) is 0 Å². The number of nitrogens with two attached hydrogens (primary N) is 1. The molecular weight excluding hydrogens is 218 g/mol. The third-order valence-electron chi connectivity index (χ3n) is 4.27. The smallest absolute Gasteiger partial charge is 0.177 e. The molecule has 4 unspecified atom stereocenters. The molecule has 3 rings (SSSR count). The first-order chi connectivity index (χ1) is 7.66. The fourth-order valence-corrected chi connectivity index (χ4v) is 4.31. The molecule has 2 saturated carbocycles. The van der Waals surface area contributed by atoms with Crippen molar-refractivity contribution in [1.29, 1.82) is 0 Å². The van der Waals surface area contributed by atoms with Crippen LogP contribution in [0.15, 0.2) is 12.1 Å². The number of hydrogen-bond donors (Lipinski definition) is 1. The van der Waals surface area contributed by atoms with Crippen LogP contribution >= 0.6 is 11.3 Å². The maximum atomic E-state index is 12.4. The molecule has 0 aliphatic heterocycles. The maximum absolute atomic E-state index is 12.4. The number of fused-ring (bicyclic) bond motifs is 2. The summed E-state index contributed by atoms with van der Waals surface area (Å²) in [7, 11) is 0. The molecule has 2 bridgehead atoms. The molecule has 0 aromatic carbocycles. The van der Waals surface area contributed by atoms with Crippen molar-refractivity contribution in [3.05, 3.63) is 21.9 Å². The molecule has 1 heterocycles. The number of carbonyl (C=O) groups excluding carboxylic acids is 1. The molecule has 2 fully saturated rings. The monoisotopic (exact) mass is 235 g/mol. The topological polar surface area (TPSA) is 43.1 Å². The summed E-state index contributed by atoms with van der Waals surface area (Å²) >= 11 is 1.61. The highest BCUT2D eigenvalue weighted by atomic mass is 32.1. The summed E-state index contributed by atoms with van der Waals surface area (Å²) in [5.41, 5.74) is 6.19. The Kier molecular flexibility index (Phi) is 2.41. The summed E-state index contributed by atoms with van der Waals surface area (Å²) in [6.07, 6.45) is 3.63. The molecule has 4 atom stereocenters. The second-order valence-electron chi connectivity index (χ2n) is 5.21. The number of carbonyl (C=O) groups is 1. The molecule has 16 heavy (non-hydrogen) atoms. The largest absolute Gasteiger partial charge is 0.327 e. The van der Waals surface area contributed by atoms with E-state index < -0.39 is 0 Å². The molecule has 0 saturated heterocycles. The van der Waals surface area contributed by atoms with E-state index in [1.807, 2.05) is 19.1 Å². The Hall–Kier alpha value is -0.670. The average molecular weight is 235 g/mol. The summed E-state index contributed by atoms with van der Waals surface area (Å²) in [4.78, 5) is 14.5. The summed E-state index contributed by atoms with van der Waals surface area (Å²) in [5, 5.41) is 0. The molecule has 0 spiro atoms. The normalized spacial score (nSPS) is 36.9. The Balaban J connectivity index is 1.86. The number of hydrogen-bond acceptors (Lipinski definition) is 3. The molecular formula is C13H17NOS. The predicted octanol–water partition coefficient (Wildman–Crippen LogP) is 2.61. The minimum Gasteiger partial charge on any atom is -0.327 e. The van der Waals surface area contributed by atoms with Crippen molar-refractivity contribution >= 4 is 17.1 Å². The number of ketones is 1. The second kappa shape index (κ2) is 3.67. The molecule has 1 aromatic rings. The molecule has 0 amide bonds. The third-order valence-corrected chi connectivity index (χ3v) is 5.28. The van der Waals surface area contributed by atoms with Gasteiger partial charge in [0.05, 0.1) is 4.88 Å². The van der Waals surface area contributed by atoms with Crippen molar-refractivity contribution in [2.24, 2.45) is 23.5 Å². The van der Waals surface area contributed by atoms with E-state index in [1.165, 1.54) is 24.1 Å². The van der Waals surface area contributed by atoms with Gasteiger partial charge in [-0.15, -0.1) is 11.3 Å². The van der Waals surface area contributed by atoms with Gasteiger partial charge in [-0.3, -0.25) is 4.79 Å². The van der Waals surface area contributed by atoms with E-state index in [0.717, 1.165) is 4.88 Å². The van der Waals surface area contributed by atoms with Crippen molar-refractivity contribution in [3.8, 4) is 0 Å². The lowest BCUT2D eigenvalue weighted by molar-refractivity contribution is 0.0860. The van der Waals surface area contributed by atoms with Crippen LogP contribution in [0.25, 0.3) is 0 Å². The number of thiophene rings is 1. The Morgan fingerprint density at radius 1 is 1.38 bits per heavy atom. The average Bonchev–Trinajstić information content (AvgIpc) is 2.92. The molecule has 2 nitrogen and oxygen atoms in total. The molecule has 2 N–H and O–H groups in total. The van der Waals surface area contributed by atoms with Crippen LogP contribution in [0.5, 0.6) is 0 Å². The Bertz CT molecular complexity index is 423. The lowest BCUT2D eigenvalue weighted by Crippen LogP contribution is -2.40. The van der Waals surface area contributed by atoms with Crippen LogP contribution in [-0.2, 0) is 0 Å². The van der Waals surface area contributed by atoms with E-state index in [4.69, 9.17) is 5.73 Å². The van der Waals surface area contributed by atoms with E-state index in [2.05, 4.69) is 0 Å². The zero-order chi connectivity index (χ0) is 11.3. The Morgan fingerprint density at radius 2 is 2.12 bits per heavy atom. The van der Waals surface area contributed by atoms with Crippen LogP contribution in [0.3, 0.4) is 0 Å². The third kappa shape index (κ3) is 1.45. The highest BCUT2D eigenvalue weighted by molar-refractivity contribution is 7.14. The zero-order valence-electron chi connectivity index (χ0n) is 9.48. The van der Waals surface area contributed by atoms with Crippen molar-refractivity contribution in [2.75, 3.05) is 0 Å². The second-order valence-corrected chi connectivity index (χ2v) is 6.50. The van der Waals surface area contributed by atoms with Gasteiger partial charge in [-0.25, -0.2) is 0 Å². The maximum Gasteiger partial charge on any atom is 0.177 e. The van der Waals surface area contributed by atoms with Gasteiger partial charge in [-0.1, -0.05) is 0 Å². The SMILES string of the molecule is Cc1ccc(C(=O)C2C3CCC(C3)C2N)s1. The predicted molar refractivity (Wildman–Crippen MR) is 65.7 cm³/mol. The van der Waals surface area contributed by atoms with E-state index >= 15 is 0 Å². The lowest BCUT2D eigenvalue weighted by atomic mass is 9.82. The van der Waals surface area contributed by atoms with Crippen LogP contribution in [0.2, 0.25) is 0 Å². The van der Waals surface area contributed by atoms with Crippen LogP contribution in [0, 0.1) is 24.7 Å². The summed E-state index contributed by atoms with van der Waals surface area (Å²) < 4.78 is 0. The highest BCUT2D eigenvalue weighted by Gasteiger charge is 2.49. The zero-order valence-corrected chi connectivity index (χ0v) is 10.3. The fourth-order valence-electron chi connectivity index (χ4n) is 3.46. The minimum absolute atomic E-state index is 0.108. The van der Waals surface area contributed by atoms with E-state index in [0.29, 0.717) is 17.6 Å². The van der Waals surface area contributed by atoms with Gasteiger partial charge in [0.1, 0.15) is 0 Å². The molecule has 86 valence electrons. The lowest BCUT2D eigenvalue weighted by Gasteiger charge is -2.26. The molecule has 2 aliphatic carbocycles. The standard InChI is InChI=1S/C13H17NOS/c1-7-2-5-10(16-7)13(15)11-8-3-4-9(6-8)12(11)14/h2,5,8-9,11-12H,3-4,6,14H2,1H3. The molecule has 0 radical (unpaired) electrons. The molecule has 2 aliphatic rings. The van der Waals surface area contributed by atoms with Gasteiger partial charge in [-0.2, -0.15) is 0 Å².